The van der Waals surface area contributed by atoms with Crippen LogP contribution in [0.4, 0.5) is 9.52 Å². The van der Waals surface area contributed by atoms with E-state index in [1.165, 1.54) is 4.90 Å². The number of likely N-dealkylation sites (tertiary alicyclic amines) is 1. The first-order valence-electron chi connectivity index (χ1n) is 14.3. The minimum Gasteiger partial charge on any atom is -0.366 e. The molecule has 4 atom stereocenters. The van der Waals surface area contributed by atoms with Crippen LogP contribution in [0.3, 0.4) is 0 Å². The van der Waals surface area contributed by atoms with Crippen LogP contribution in [0.15, 0.2) is 24.3 Å². The number of hydrogen-bond donors (Lipinski definition) is 1. The van der Waals surface area contributed by atoms with Gasteiger partial charge in [0.2, 0.25) is 11.0 Å². The molecule has 2 aromatic rings. The lowest BCUT2D eigenvalue weighted by Crippen LogP contribution is -2.54. The molecule has 4 aliphatic rings. The number of halogens is 1. The van der Waals surface area contributed by atoms with Gasteiger partial charge in [0.15, 0.2) is 10.9 Å². The highest BCUT2D eigenvalue weighted by Gasteiger charge is 2.53. The summed E-state index contributed by atoms with van der Waals surface area (Å²) in [5.74, 6) is 1.46. The monoisotopic (exact) mass is 579 g/mol. The third kappa shape index (κ3) is 5.36. The number of fused-ring (bicyclic) bond motifs is 1. The maximum atomic E-state index is 14.9. The summed E-state index contributed by atoms with van der Waals surface area (Å²) in [5, 5.41) is 3.27. The second-order valence-corrected chi connectivity index (χ2v) is 12.4. The van der Waals surface area contributed by atoms with Gasteiger partial charge in [-0.1, -0.05) is 42.2 Å². The van der Waals surface area contributed by atoms with Crippen molar-refractivity contribution >= 4 is 34.1 Å². The second kappa shape index (κ2) is 11.5. The number of thiazole rings is 1. The fourth-order valence-corrected chi connectivity index (χ4v) is 7.36. The number of carbonyl (C=O) groups is 3. The molecule has 216 valence electrons. The molecule has 0 radical (unpaired) electrons. The van der Waals surface area contributed by atoms with Crippen LogP contribution in [0.25, 0.3) is 11.3 Å². The summed E-state index contributed by atoms with van der Waals surface area (Å²) >= 11 is 1.04. The first-order valence-corrected chi connectivity index (χ1v) is 15.1. The molecular weight excluding hydrogens is 545 g/mol. The van der Waals surface area contributed by atoms with Gasteiger partial charge in [-0.15, -0.1) is 6.42 Å². The molecule has 1 aromatic carbocycles. The number of benzene rings is 1. The van der Waals surface area contributed by atoms with Gasteiger partial charge < -0.3 is 24.8 Å². The van der Waals surface area contributed by atoms with Crippen molar-refractivity contribution < 1.29 is 23.5 Å². The Morgan fingerprint density at radius 2 is 1.88 bits per heavy atom. The number of rotatable bonds is 6. The Balaban J connectivity index is 1.17. The molecule has 3 saturated heterocycles. The van der Waals surface area contributed by atoms with E-state index >= 15 is 0 Å². The number of carbonyl (C=O) groups excluding carboxylic acids is 3. The summed E-state index contributed by atoms with van der Waals surface area (Å²) in [7, 11) is 2.07. The Morgan fingerprint density at radius 3 is 2.56 bits per heavy atom. The van der Waals surface area contributed by atoms with Crippen molar-refractivity contribution in [3.05, 3.63) is 35.0 Å². The summed E-state index contributed by atoms with van der Waals surface area (Å²) in [5.41, 5.74) is 1.22. The molecular formula is C30H34FN5O4S. The lowest BCUT2D eigenvalue weighted by molar-refractivity contribution is -0.139. The van der Waals surface area contributed by atoms with E-state index in [0.717, 1.165) is 63.2 Å². The number of anilines is 1. The van der Waals surface area contributed by atoms with Crippen LogP contribution in [0.1, 0.15) is 36.0 Å². The van der Waals surface area contributed by atoms with E-state index in [2.05, 4.69) is 33.1 Å². The average molecular weight is 580 g/mol. The molecule has 1 aromatic heterocycles. The van der Waals surface area contributed by atoms with Gasteiger partial charge in [-0.3, -0.25) is 14.4 Å². The van der Waals surface area contributed by atoms with E-state index < -0.39 is 24.1 Å². The molecule has 9 nitrogen and oxygen atoms in total. The van der Waals surface area contributed by atoms with E-state index in [4.69, 9.17) is 11.2 Å². The molecule has 11 heteroatoms. The predicted octanol–water partition coefficient (Wildman–Crippen LogP) is 2.42. The van der Waals surface area contributed by atoms with Crippen LogP contribution in [0.5, 0.6) is 0 Å². The van der Waals surface area contributed by atoms with Gasteiger partial charge in [-0.25, -0.2) is 4.98 Å². The lowest BCUT2D eigenvalue weighted by atomic mass is 9.95. The topological polar surface area (TPSA) is 95.1 Å². The molecule has 1 saturated carbocycles. The van der Waals surface area contributed by atoms with Gasteiger partial charge >= 0.3 is 0 Å². The average Bonchev–Trinajstić information content (AvgIpc) is 3.78. The number of amides is 2. The largest absolute Gasteiger partial charge is 0.366 e. The number of hydrogen-bond acceptors (Lipinski definition) is 8. The molecule has 41 heavy (non-hydrogen) atoms. The Morgan fingerprint density at radius 1 is 1.17 bits per heavy atom. The van der Waals surface area contributed by atoms with Crippen molar-refractivity contribution in [2.24, 2.45) is 11.8 Å². The van der Waals surface area contributed by atoms with Crippen LogP contribution in [-0.4, -0.2) is 96.9 Å². The number of Topliss-reactive ketones (excluding diaryl/α,β-unsaturated/α-hetero) is 1. The zero-order valence-corrected chi connectivity index (χ0v) is 23.9. The number of aromatic nitrogens is 1. The Hall–Kier alpha value is -3.33. The summed E-state index contributed by atoms with van der Waals surface area (Å²) in [6.45, 7) is 3.58. The van der Waals surface area contributed by atoms with Crippen molar-refractivity contribution in [3.63, 3.8) is 0 Å². The van der Waals surface area contributed by atoms with E-state index in [1.54, 1.807) is 24.3 Å². The van der Waals surface area contributed by atoms with Crippen molar-refractivity contribution in [3.8, 4) is 23.6 Å². The van der Waals surface area contributed by atoms with E-state index in [1.807, 2.05) is 0 Å². The smallest absolute Gasteiger partial charge is 0.251 e. The highest BCUT2D eigenvalue weighted by molar-refractivity contribution is 7.14. The predicted molar refractivity (Wildman–Crippen MR) is 153 cm³/mol. The van der Waals surface area contributed by atoms with Gasteiger partial charge in [0, 0.05) is 43.9 Å². The zero-order chi connectivity index (χ0) is 28.7. The van der Waals surface area contributed by atoms with Crippen LogP contribution in [0.2, 0.25) is 0 Å². The van der Waals surface area contributed by atoms with Crippen molar-refractivity contribution in [2.75, 3.05) is 51.3 Å². The zero-order valence-electron chi connectivity index (χ0n) is 23.1. The SMILES string of the molecule is C#CC1CN(C(=O)[C@@H](NC(=O)c2ccc(-c3nc(N4CCN(C)CC4)sc3F)cc2)C2CCCC2)[C@@H]2C(=O)CO[C@H]12. The first kappa shape index (κ1) is 27.8. The summed E-state index contributed by atoms with van der Waals surface area (Å²) in [6, 6.07) is 5.16. The highest BCUT2D eigenvalue weighted by atomic mass is 32.1. The second-order valence-electron chi connectivity index (χ2n) is 11.4. The first-order chi connectivity index (χ1) is 19.8. The van der Waals surface area contributed by atoms with Gasteiger partial charge in [0.05, 0.1) is 5.92 Å². The molecule has 4 fully saturated rings. The molecule has 3 aliphatic heterocycles. The van der Waals surface area contributed by atoms with Crippen molar-refractivity contribution in [1.29, 1.82) is 0 Å². The molecule has 0 spiro atoms. The third-order valence-corrected chi connectivity index (χ3v) is 9.78. The molecule has 1 unspecified atom stereocenters. The third-order valence-electron chi connectivity index (χ3n) is 8.87. The molecule has 2 amide bonds. The van der Waals surface area contributed by atoms with Gasteiger partial charge in [0.25, 0.3) is 5.91 Å². The van der Waals surface area contributed by atoms with Crippen LogP contribution >= 0.6 is 11.3 Å². The minimum atomic E-state index is -0.766. The highest BCUT2D eigenvalue weighted by Crippen LogP contribution is 2.35. The number of piperazine rings is 1. The number of nitrogens with zero attached hydrogens (tertiary/aromatic N) is 4. The number of terminal acetylenes is 1. The molecule has 6 rings (SSSR count). The fourth-order valence-electron chi connectivity index (χ4n) is 6.49. The van der Waals surface area contributed by atoms with Gasteiger partial charge in [0.1, 0.15) is 30.5 Å². The molecule has 1 aliphatic carbocycles. The Labute approximate surface area is 243 Å². The normalized spacial score (nSPS) is 25.8. The fraction of sp³-hybridized carbons (Fsp3) is 0.533. The van der Waals surface area contributed by atoms with Crippen molar-refractivity contribution in [2.45, 2.75) is 43.9 Å². The van der Waals surface area contributed by atoms with Crippen LogP contribution in [-0.2, 0) is 14.3 Å². The number of ether oxygens (including phenoxy) is 1. The molecule has 4 heterocycles. The van der Waals surface area contributed by atoms with Gasteiger partial charge in [-0.2, -0.15) is 4.39 Å². The maximum Gasteiger partial charge on any atom is 0.251 e. The van der Waals surface area contributed by atoms with Crippen molar-refractivity contribution in [1.82, 2.24) is 20.1 Å². The maximum absolute atomic E-state index is 14.9. The lowest BCUT2D eigenvalue weighted by Gasteiger charge is -2.31. The summed E-state index contributed by atoms with van der Waals surface area (Å²) in [4.78, 5) is 50.3. The molecule has 0 bridgehead atoms. The van der Waals surface area contributed by atoms with Crippen LogP contribution in [0, 0.1) is 29.3 Å². The number of ketones is 1. The van der Waals surface area contributed by atoms with Crippen LogP contribution < -0.4 is 10.2 Å². The summed E-state index contributed by atoms with van der Waals surface area (Å²) in [6.07, 6.45) is 8.79. The van der Waals surface area contributed by atoms with E-state index in [0.29, 0.717) is 16.3 Å². The van der Waals surface area contributed by atoms with E-state index in [-0.39, 0.29) is 47.5 Å². The van der Waals surface area contributed by atoms with Gasteiger partial charge in [-0.05, 0) is 37.9 Å². The Kier molecular flexibility index (Phi) is 7.81. The molecule has 1 N–H and O–H groups in total. The quantitative estimate of drug-likeness (QED) is 0.526. The number of likely N-dealkylation sites (N-methyl/N-ethyl adjacent to an activating group) is 1. The Bertz CT molecular complexity index is 1360. The van der Waals surface area contributed by atoms with E-state index in [9.17, 15) is 18.8 Å². The number of nitrogens with one attached hydrogen (secondary N) is 1. The minimum absolute atomic E-state index is 0.0245. The summed E-state index contributed by atoms with van der Waals surface area (Å²) < 4.78 is 20.5. The standard InChI is InChI=1S/C30H34FN5O4S/c1-3-18-16-36(25-22(37)17-40-26(18)25)29(39)24(19-6-4-5-7-19)32-28(38)21-10-8-20(9-11-21)23-27(31)41-30(33-23)35-14-12-34(2)13-15-35/h1,8-11,18-19,24-26H,4-7,12-17H2,2H3,(H,32,38)/t18?,24-,25+,26+/m0/s1.